The molecular weight excluding hydrogens is 528 g/mol. The Balaban J connectivity index is 1.98. The highest BCUT2D eigenvalue weighted by molar-refractivity contribution is 5.93. The van der Waals surface area contributed by atoms with Gasteiger partial charge in [-0.2, -0.15) is 0 Å². The Hall–Kier alpha value is -4.25. The van der Waals surface area contributed by atoms with Gasteiger partial charge in [0.2, 0.25) is 17.7 Å². The topological polar surface area (TPSA) is 180 Å². The number of carbonyl (C=O) groups excluding carboxylic acids is 5. The van der Waals surface area contributed by atoms with Crippen molar-refractivity contribution in [1.29, 1.82) is 0 Å². The van der Waals surface area contributed by atoms with Crippen LogP contribution in [0.25, 0.3) is 0 Å². The van der Waals surface area contributed by atoms with Crippen LogP contribution >= 0.6 is 0 Å². The molecule has 3 amide bonds. The lowest BCUT2D eigenvalue weighted by molar-refractivity contribution is -0.146. The van der Waals surface area contributed by atoms with Crippen LogP contribution in [0.5, 0.6) is 0 Å². The first-order chi connectivity index (χ1) is 19.6. The SMILES string of the molecule is CC[C@H](C)[C@H](N)C(=O)N[C@H](CCC(=O)OCc1ccccc1)C(=O)N[C@@H](CCC(=O)OCc1ccccc1)C(N)=O. The maximum atomic E-state index is 13.2. The van der Waals surface area contributed by atoms with E-state index in [9.17, 15) is 24.0 Å². The molecule has 2 rings (SSSR count). The van der Waals surface area contributed by atoms with Crippen LogP contribution in [-0.2, 0) is 46.7 Å². The summed E-state index contributed by atoms with van der Waals surface area (Å²) in [4.78, 5) is 62.6. The zero-order valence-electron chi connectivity index (χ0n) is 23.5. The van der Waals surface area contributed by atoms with Crippen LogP contribution in [0, 0.1) is 5.92 Å². The molecule has 2 aromatic carbocycles. The van der Waals surface area contributed by atoms with Crippen LogP contribution in [-0.4, -0.2) is 47.8 Å². The molecule has 0 bridgehead atoms. The number of benzene rings is 2. The molecule has 11 nitrogen and oxygen atoms in total. The Morgan fingerprint density at radius 1 is 0.732 bits per heavy atom. The first kappa shape index (κ1) is 33.0. The second kappa shape index (κ2) is 17.4. The smallest absolute Gasteiger partial charge is 0.306 e. The van der Waals surface area contributed by atoms with E-state index in [1.54, 1.807) is 19.1 Å². The van der Waals surface area contributed by atoms with E-state index in [-0.39, 0.29) is 44.8 Å². The number of hydrogen-bond donors (Lipinski definition) is 4. The predicted molar refractivity (Wildman–Crippen MR) is 151 cm³/mol. The zero-order chi connectivity index (χ0) is 30.2. The van der Waals surface area contributed by atoms with Gasteiger partial charge in [-0.1, -0.05) is 80.9 Å². The number of hydrogen-bond acceptors (Lipinski definition) is 8. The summed E-state index contributed by atoms with van der Waals surface area (Å²) in [6.45, 7) is 3.82. The molecule has 0 aliphatic rings. The molecule has 41 heavy (non-hydrogen) atoms. The molecule has 0 unspecified atom stereocenters. The Morgan fingerprint density at radius 2 is 1.17 bits per heavy atom. The summed E-state index contributed by atoms with van der Waals surface area (Å²) >= 11 is 0. The summed E-state index contributed by atoms with van der Waals surface area (Å²) in [5.74, 6) is -3.48. The highest BCUT2D eigenvalue weighted by Crippen LogP contribution is 2.10. The van der Waals surface area contributed by atoms with Gasteiger partial charge in [0.05, 0.1) is 6.04 Å². The molecular formula is C30H40N4O7. The van der Waals surface area contributed by atoms with Crippen molar-refractivity contribution in [3.8, 4) is 0 Å². The third kappa shape index (κ3) is 12.2. The number of nitrogens with one attached hydrogen (secondary N) is 2. The van der Waals surface area contributed by atoms with Gasteiger partial charge in [-0.3, -0.25) is 24.0 Å². The quantitative estimate of drug-likeness (QED) is 0.209. The molecule has 0 spiro atoms. The summed E-state index contributed by atoms with van der Waals surface area (Å²) in [6, 6.07) is 14.9. The minimum absolute atomic E-state index is 0.0614. The highest BCUT2D eigenvalue weighted by Gasteiger charge is 2.29. The number of carbonyl (C=O) groups is 5. The van der Waals surface area contributed by atoms with Crippen molar-refractivity contribution in [2.45, 2.75) is 77.3 Å². The molecule has 0 aromatic heterocycles. The second-order valence-electron chi connectivity index (χ2n) is 9.81. The van der Waals surface area contributed by atoms with Crippen LogP contribution in [0.15, 0.2) is 60.7 Å². The van der Waals surface area contributed by atoms with E-state index in [0.29, 0.717) is 6.42 Å². The fourth-order valence-corrected chi connectivity index (χ4v) is 3.75. The maximum Gasteiger partial charge on any atom is 0.306 e. The molecule has 0 fully saturated rings. The third-order valence-electron chi connectivity index (χ3n) is 6.61. The lowest BCUT2D eigenvalue weighted by Crippen LogP contribution is -2.56. The van der Waals surface area contributed by atoms with Gasteiger partial charge in [-0.15, -0.1) is 0 Å². The number of ether oxygens (including phenoxy) is 2. The van der Waals surface area contributed by atoms with E-state index in [2.05, 4.69) is 10.6 Å². The van der Waals surface area contributed by atoms with Gasteiger partial charge in [-0.05, 0) is 29.9 Å². The average Bonchev–Trinajstić information content (AvgIpc) is 2.98. The van der Waals surface area contributed by atoms with Crippen LogP contribution < -0.4 is 22.1 Å². The zero-order valence-corrected chi connectivity index (χ0v) is 23.5. The molecule has 6 N–H and O–H groups in total. The molecule has 0 aliphatic heterocycles. The second-order valence-corrected chi connectivity index (χ2v) is 9.81. The largest absolute Gasteiger partial charge is 0.461 e. The van der Waals surface area contributed by atoms with E-state index in [0.717, 1.165) is 11.1 Å². The van der Waals surface area contributed by atoms with Crippen molar-refractivity contribution in [3.63, 3.8) is 0 Å². The number of amides is 3. The Bertz CT molecular complexity index is 1140. The molecule has 0 radical (unpaired) electrons. The number of rotatable bonds is 17. The van der Waals surface area contributed by atoms with Gasteiger partial charge >= 0.3 is 11.9 Å². The molecule has 11 heteroatoms. The van der Waals surface area contributed by atoms with Crippen LogP contribution in [0.3, 0.4) is 0 Å². The average molecular weight is 569 g/mol. The Labute approximate surface area is 240 Å². The molecule has 4 atom stereocenters. The van der Waals surface area contributed by atoms with Gasteiger partial charge in [0.1, 0.15) is 25.3 Å². The molecule has 2 aromatic rings. The van der Waals surface area contributed by atoms with Crippen molar-refractivity contribution < 1.29 is 33.4 Å². The van der Waals surface area contributed by atoms with E-state index >= 15 is 0 Å². The fourth-order valence-electron chi connectivity index (χ4n) is 3.75. The lowest BCUT2D eigenvalue weighted by Gasteiger charge is -2.24. The van der Waals surface area contributed by atoms with Gasteiger partial charge < -0.3 is 31.6 Å². The highest BCUT2D eigenvalue weighted by atomic mass is 16.5. The van der Waals surface area contributed by atoms with Crippen LogP contribution in [0.4, 0.5) is 0 Å². The van der Waals surface area contributed by atoms with Crippen LogP contribution in [0.2, 0.25) is 0 Å². The van der Waals surface area contributed by atoms with E-state index in [4.69, 9.17) is 20.9 Å². The first-order valence-corrected chi connectivity index (χ1v) is 13.6. The lowest BCUT2D eigenvalue weighted by atomic mass is 9.98. The van der Waals surface area contributed by atoms with Crippen molar-refractivity contribution in [2.75, 3.05) is 0 Å². The van der Waals surface area contributed by atoms with Crippen molar-refractivity contribution in [3.05, 3.63) is 71.8 Å². The predicted octanol–water partition coefficient (Wildman–Crippen LogP) is 1.86. The van der Waals surface area contributed by atoms with Gasteiger partial charge in [0, 0.05) is 12.8 Å². The summed E-state index contributed by atoms with van der Waals surface area (Å²) in [7, 11) is 0. The van der Waals surface area contributed by atoms with Crippen molar-refractivity contribution in [2.24, 2.45) is 17.4 Å². The number of esters is 2. The first-order valence-electron chi connectivity index (χ1n) is 13.6. The third-order valence-corrected chi connectivity index (χ3v) is 6.61. The van der Waals surface area contributed by atoms with E-state index in [1.807, 2.05) is 55.5 Å². The van der Waals surface area contributed by atoms with Gasteiger partial charge in [0.15, 0.2) is 0 Å². The number of primary amides is 1. The van der Waals surface area contributed by atoms with Crippen molar-refractivity contribution in [1.82, 2.24) is 10.6 Å². The Kier molecular flexibility index (Phi) is 14.0. The summed E-state index contributed by atoms with van der Waals surface area (Å²) in [6.07, 6.45) is 0.0601. The summed E-state index contributed by atoms with van der Waals surface area (Å²) in [5, 5.41) is 5.07. The fraction of sp³-hybridized carbons (Fsp3) is 0.433. The monoisotopic (exact) mass is 568 g/mol. The van der Waals surface area contributed by atoms with Crippen LogP contribution in [0.1, 0.15) is 57.1 Å². The number of nitrogens with two attached hydrogens (primary N) is 2. The van der Waals surface area contributed by atoms with Gasteiger partial charge in [-0.25, -0.2) is 0 Å². The minimum Gasteiger partial charge on any atom is -0.461 e. The summed E-state index contributed by atoms with van der Waals surface area (Å²) < 4.78 is 10.5. The molecule has 0 aliphatic carbocycles. The Morgan fingerprint density at radius 3 is 1.61 bits per heavy atom. The molecule has 0 saturated carbocycles. The molecule has 222 valence electrons. The minimum atomic E-state index is -1.21. The molecule has 0 heterocycles. The standard InChI is InChI=1S/C30H40N4O7/c1-3-20(2)27(31)30(39)34-24(15-17-26(36)41-19-22-12-8-5-9-13-22)29(38)33-23(28(32)37)14-16-25(35)40-18-21-10-6-4-7-11-21/h4-13,20,23-24,27H,3,14-19,31H2,1-2H3,(H2,32,37)(H,33,38)(H,34,39)/t20-,23-,24+,27-/m0/s1. The maximum absolute atomic E-state index is 13.2. The summed E-state index contributed by atoms with van der Waals surface area (Å²) in [5.41, 5.74) is 13.1. The van der Waals surface area contributed by atoms with Gasteiger partial charge in [0.25, 0.3) is 0 Å². The van der Waals surface area contributed by atoms with E-state index < -0.39 is 47.8 Å². The molecule has 0 saturated heterocycles. The van der Waals surface area contributed by atoms with Crippen molar-refractivity contribution >= 4 is 29.7 Å². The normalized spacial score (nSPS) is 13.6. The van der Waals surface area contributed by atoms with E-state index in [1.165, 1.54) is 0 Å².